The van der Waals surface area contributed by atoms with E-state index in [1.165, 1.54) is 0 Å². The summed E-state index contributed by atoms with van der Waals surface area (Å²) in [6, 6.07) is 0. The molecule has 1 saturated carbocycles. The summed E-state index contributed by atoms with van der Waals surface area (Å²) in [6.45, 7) is 16.1. The van der Waals surface area contributed by atoms with Crippen LogP contribution in [-0.2, 0) is 19.1 Å². The molecule has 164 valence electrons. The third-order valence-electron chi connectivity index (χ3n) is 6.36. The van der Waals surface area contributed by atoms with Gasteiger partial charge in [0.25, 0.3) is 0 Å². The number of ether oxygens (including phenoxy) is 2. The van der Waals surface area contributed by atoms with Crippen molar-refractivity contribution in [1.29, 1.82) is 0 Å². The van der Waals surface area contributed by atoms with Crippen LogP contribution in [0.25, 0.3) is 0 Å². The van der Waals surface area contributed by atoms with Crippen molar-refractivity contribution in [2.45, 2.75) is 93.4 Å². The molecule has 1 rings (SSSR count). The molecular formula is C24H44O4. The number of rotatable bonds is 10. The van der Waals surface area contributed by atoms with Crippen molar-refractivity contribution in [1.82, 2.24) is 0 Å². The van der Waals surface area contributed by atoms with Crippen LogP contribution in [0.2, 0.25) is 0 Å². The Kier molecular flexibility index (Phi) is 10.5. The average molecular weight is 397 g/mol. The highest BCUT2D eigenvalue weighted by Crippen LogP contribution is 2.34. The molecule has 4 atom stereocenters. The van der Waals surface area contributed by atoms with Gasteiger partial charge in [0, 0.05) is 0 Å². The van der Waals surface area contributed by atoms with E-state index in [0.29, 0.717) is 31.0 Å². The van der Waals surface area contributed by atoms with Gasteiger partial charge in [-0.3, -0.25) is 9.59 Å². The van der Waals surface area contributed by atoms with E-state index in [9.17, 15) is 9.59 Å². The zero-order valence-corrected chi connectivity index (χ0v) is 19.4. The van der Waals surface area contributed by atoms with Gasteiger partial charge in [-0.1, -0.05) is 67.7 Å². The predicted molar refractivity (Wildman–Crippen MR) is 114 cm³/mol. The quantitative estimate of drug-likeness (QED) is 0.423. The minimum Gasteiger partial charge on any atom is -0.465 e. The van der Waals surface area contributed by atoms with Gasteiger partial charge in [0.2, 0.25) is 0 Å². The maximum Gasteiger partial charge on any atom is 0.309 e. The fourth-order valence-electron chi connectivity index (χ4n) is 4.29. The van der Waals surface area contributed by atoms with Gasteiger partial charge in [0.15, 0.2) is 0 Å². The second-order valence-corrected chi connectivity index (χ2v) is 10.1. The van der Waals surface area contributed by atoms with Crippen LogP contribution in [0, 0.1) is 35.0 Å². The molecule has 0 aromatic carbocycles. The van der Waals surface area contributed by atoms with Crippen LogP contribution < -0.4 is 0 Å². The molecule has 0 aromatic heterocycles. The lowest BCUT2D eigenvalue weighted by molar-refractivity contribution is -0.165. The number of hydrogen-bond acceptors (Lipinski definition) is 4. The van der Waals surface area contributed by atoms with Gasteiger partial charge < -0.3 is 9.47 Å². The first-order valence-electron chi connectivity index (χ1n) is 11.4. The van der Waals surface area contributed by atoms with Crippen molar-refractivity contribution in [3.05, 3.63) is 0 Å². The summed E-state index contributed by atoms with van der Waals surface area (Å²) in [5.74, 6) is 0.221. The molecule has 0 aliphatic heterocycles. The molecule has 0 heterocycles. The van der Waals surface area contributed by atoms with Crippen LogP contribution in [0.15, 0.2) is 0 Å². The summed E-state index contributed by atoms with van der Waals surface area (Å²) in [5, 5.41) is 0. The second-order valence-electron chi connectivity index (χ2n) is 10.1. The van der Waals surface area contributed by atoms with Crippen molar-refractivity contribution in [3.8, 4) is 0 Å². The van der Waals surface area contributed by atoms with E-state index in [0.717, 1.165) is 44.9 Å². The molecule has 0 aromatic rings. The van der Waals surface area contributed by atoms with E-state index in [1.54, 1.807) is 0 Å². The van der Waals surface area contributed by atoms with Crippen molar-refractivity contribution in [2.24, 2.45) is 35.0 Å². The molecule has 0 radical (unpaired) electrons. The van der Waals surface area contributed by atoms with Crippen molar-refractivity contribution >= 4 is 11.9 Å². The molecule has 4 nitrogen and oxygen atoms in total. The molecule has 28 heavy (non-hydrogen) atoms. The van der Waals surface area contributed by atoms with Gasteiger partial charge in [-0.2, -0.15) is 0 Å². The predicted octanol–water partition coefficient (Wildman–Crippen LogP) is 6.02. The maximum absolute atomic E-state index is 12.8. The Morgan fingerprint density at radius 3 is 1.79 bits per heavy atom. The van der Waals surface area contributed by atoms with Crippen LogP contribution in [0.5, 0.6) is 0 Å². The molecule has 1 aliphatic carbocycles. The van der Waals surface area contributed by atoms with E-state index in [1.807, 2.05) is 0 Å². The Bertz CT molecular complexity index is 477. The first-order valence-corrected chi connectivity index (χ1v) is 11.4. The second kappa shape index (κ2) is 11.8. The molecule has 0 saturated heterocycles. The summed E-state index contributed by atoms with van der Waals surface area (Å²) < 4.78 is 11.4. The molecule has 1 fully saturated rings. The lowest BCUT2D eigenvalue weighted by Gasteiger charge is -2.32. The van der Waals surface area contributed by atoms with Crippen molar-refractivity contribution in [2.75, 3.05) is 13.2 Å². The Morgan fingerprint density at radius 1 is 0.893 bits per heavy atom. The fraction of sp³-hybridized carbons (Fsp3) is 0.917. The molecule has 0 N–H and O–H groups in total. The van der Waals surface area contributed by atoms with E-state index < -0.39 is 0 Å². The molecule has 1 aliphatic rings. The Labute approximate surface area is 173 Å². The minimum absolute atomic E-state index is 0.103. The van der Waals surface area contributed by atoms with E-state index in [-0.39, 0.29) is 29.2 Å². The fourth-order valence-corrected chi connectivity index (χ4v) is 4.29. The van der Waals surface area contributed by atoms with Crippen LogP contribution in [-0.4, -0.2) is 25.2 Å². The first-order chi connectivity index (χ1) is 13.1. The highest BCUT2D eigenvalue weighted by Gasteiger charge is 2.38. The lowest BCUT2D eigenvalue weighted by Crippen LogP contribution is -2.37. The first kappa shape index (κ1) is 25.0. The molecule has 0 amide bonds. The standard InChI is InChI=1S/C24H44O4/c1-8-18(14-17(3)4)15-27-22(25)20-12-10-11-13-21(20)23(26)28-16-19(9-2)24(5,6)7/h17-21H,8-16H2,1-7H3. The smallest absolute Gasteiger partial charge is 0.309 e. The zero-order chi connectivity index (χ0) is 21.3. The van der Waals surface area contributed by atoms with Gasteiger partial charge in [-0.25, -0.2) is 0 Å². The van der Waals surface area contributed by atoms with Gasteiger partial charge in [-0.05, 0) is 48.9 Å². The zero-order valence-electron chi connectivity index (χ0n) is 19.4. The summed E-state index contributed by atoms with van der Waals surface area (Å²) in [5.41, 5.74) is 0.103. The largest absolute Gasteiger partial charge is 0.465 e. The SMILES string of the molecule is CCC(COC(=O)C1CCCCC1C(=O)OCC(CC)C(C)(C)C)CC(C)C. The third-order valence-corrected chi connectivity index (χ3v) is 6.36. The molecule has 0 spiro atoms. The van der Waals surface area contributed by atoms with E-state index in [2.05, 4.69) is 48.5 Å². The van der Waals surface area contributed by atoms with Crippen LogP contribution in [0.1, 0.15) is 93.4 Å². The monoisotopic (exact) mass is 396 g/mol. The Hall–Kier alpha value is -1.06. The Morgan fingerprint density at radius 2 is 1.39 bits per heavy atom. The third kappa shape index (κ3) is 8.13. The summed E-state index contributed by atoms with van der Waals surface area (Å²) >= 11 is 0. The molecule has 4 heteroatoms. The topological polar surface area (TPSA) is 52.6 Å². The van der Waals surface area contributed by atoms with E-state index in [4.69, 9.17) is 9.47 Å². The number of esters is 2. The average Bonchev–Trinajstić information content (AvgIpc) is 2.63. The van der Waals surface area contributed by atoms with E-state index >= 15 is 0 Å². The normalized spacial score (nSPS) is 22.6. The highest BCUT2D eigenvalue weighted by molar-refractivity contribution is 5.82. The van der Waals surface area contributed by atoms with Gasteiger partial charge in [0.1, 0.15) is 0 Å². The van der Waals surface area contributed by atoms with Gasteiger partial charge >= 0.3 is 11.9 Å². The number of carbonyl (C=O) groups excluding carboxylic acids is 2. The number of carbonyl (C=O) groups is 2. The van der Waals surface area contributed by atoms with Crippen LogP contribution in [0.4, 0.5) is 0 Å². The molecular weight excluding hydrogens is 352 g/mol. The minimum atomic E-state index is -0.344. The van der Waals surface area contributed by atoms with Gasteiger partial charge in [-0.15, -0.1) is 0 Å². The Balaban J connectivity index is 2.64. The highest BCUT2D eigenvalue weighted by atomic mass is 16.5. The van der Waals surface area contributed by atoms with Crippen LogP contribution >= 0.6 is 0 Å². The van der Waals surface area contributed by atoms with Crippen LogP contribution in [0.3, 0.4) is 0 Å². The molecule has 4 unspecified atom stereocenters. The van der Waals surface area contributed by atoms with Crippen molar-refractivity contribution in [3.63, 3.8) is 0 Å². The summed E-state index contributed by atoms with van der Waals surface area (Å²) in [7, 11) is 0. The van der Waals surface area contributed by atoms with Gasteiger partial charge in [0.05, 0.1) is 25.0 Å². The summed E-state index contributed by atoms with van der Waals surface area (Å²) in [6.07, 6.45) is 6.46. The van der Waals surface area contributed by atoms with Crippen molar-refractivity contribution < 1.29 is 19.1 Å². The lowest BCUT2D eigenvalue weighted by atomic mass is 9.78. The summed E-state index contributed by atoms with van der Waals surface area (Å²) in [4.78, 5) is 25.5. The maximum atomic E-state index is 12.8. The molecule has 0 bridgehead atoms. The number of hydrogen-bond donors (Lipinski definition) is 0.